The summed E-state index contributed by atoms with van der Waals surface area (Å²) in [5.74, 6) is -0.0148. The van der Waals surface area contributed by atoms with Gasteiger partial charge in [-0.15, -0.1) is 0 Å². The quantitative estimate of drug-likeness (QED) is 0.768. The Balaban J connectivity index is 1.33. The Morgan fingerprint density at radius 3 is 2.76 bits per heavy atom. The lowest BCUT2D eigenvalue weighted by Crippen LogP contribution is -2.48. The zero-order chi connectivity index (χ0) is 20.2. The van der Waals surface area contributed by atoms with Gasteiger partial charge in [0.05, 0.1) is 12.7 Å². The summed E-state index contributed by atoms with van der Waals surface area (Å²) >= 11 is 0. The number of rotatable bonds is 5. The van der Waals surface area contributed by atoms with Crippen LogP contribution in [0.25, 0.3) is 0 Å². The van der Waals surface area contributed by atoms with Gasteiger partial charge in [-0.25, -0.2) is 14.2 Å². The second kappa shape index (κ2) is 8.42. The van der Waals surface area contributed by atoms with E-state index in [2.05, 4.69) is 9.97 Å². The van der Waals surface area contributed by atoms with Gasteiger partial charge in [-0.2, -0.15) is 0 Å². The maximum Gasteiger partial charge on any atom is 0.325 e. The first-order valence-electron chi connectivity index (χ1n) is 9.62. The Bertz CT molecular complexity index is 864. The number of likely N-dealkylation sites (tertiary alicyclic amines) is 1. The number of carbonyl (C=O) groups excluding carboxylic acids is 2. The number of hydrogen-bond acceptors (Lipinski definition) is 5. The number of urea groups is 1. The van der Waals surface area contributed by atoms with Crippen molar-refractivity contribution in [2.24, 2.45) is 0 Å². The van der Waals surface area contributed by atoms with Gasteiger partial charge in [0.15, 0.2) is 0 Å². The van der Waals surface area contributed by atoms with Crippen molar-refractivity contribution in [3.8, 4) is 5.88 Å². The van der Waals surface area contributed by atoms with Crippen LogP contribution in [0.2, 0.25) is 0 Å². The van der Waals surface area contributed by atoms with E-state index < -0.39 is 0 Å². The predicted octanol–water partition coefficient (Wildman–Crippen LogP) is 1.93. The molecule has 1 aromatic carbocycles. The molecule has 1 aromatic heterocycles. The molecule has 2 saturated heterocycles. The number of hydrogen-bond donors (Lipinski definition) is 0. The van der Waals surface area contributed by atoms with Crippen LogP contribution in [0.3, 0.4) is 0 Å². The first-order valence-corrected chi connectivity index (χ1v) is 9.62. The monoisotopic (exact) mass is 399 g/mol. The SMILES string of the molecule is O=C(CN1CCN(c2ccc(F)cc2)C1=O)N1CCC[C@H](Oc2cnccn2)C1. The molecule has 2 aliphatic rings. The lowest BCUT2D eigenvalue weighted by Gasteiger charge is -2.33. The number of benzene rings is 1. The lowest BCUT2D eigenvalue weighted by molar-refractivity contribution is -0.134. The van der Waals surface area contributed by atoms with Crippen molar-refractivity contribution in [3.05, 3.63) is 48.7 Å². The van der Waals surface area contributed by atoms with E-state index in [1.807, 2.05) is 0 Å². The normalized spacial score (nSPS) is 19.6. The van der Waals surface area contributed by atoms with E-state index in [1.54, 1.807) is 40.5 Å². The van der Waals surface area contributed by atoms with E-state index in [-0.39, 0.29) is 30.4 Å². The van der Waals surface area contributed by atoms with Crippen molar-refractivity contribution < 1.29 is 18.7 Å². The smallest absolute Gasteiger partial charge is 0.325 e. The van der Waals surface area contributed by atoms with Crippen molar-refractivity contribution in [1.82, 2.24) is 19.8 Å². The number of carbonyl (C=O) groups is 2. The molecular formula is C20H22FN5O3. The van der Waals surface area contributed by atoms with Crippen LogP contribution >= 0.6 is 0 Å². The molecule has 8 nitrogen and oxygen atoms in total. The number of aromatic nitrogens is 2. The second-order valence-corrected chi connectivity index (χ2v) is 7.10. The van der Waals surface area contributed by atoms with Crippen LogP contribution < -0.4 is 9.64 Å². The number of amides is 3. The minimum Gasteiger partial charge on any atom is -0.471 e. The molecule has 0 aliphatic carbocycles. The average molecular weight is 399 g/mol. The van der Waals surface area contributed by atoms with Gasteiger partial charge < -0.3 is 14.5 Å². The van der Waals surface area contributed by atoms with Gasteiger partial charge in [0.2, 0.25) is 11.8 Å². The molecule has 3 heterocycles. The molecule has 0 bridgehead atoms. The van der Waals surface area contributed by atoms with Crippen LogP contribution in [-0.4, -0.2) is 70.5 Å². The molecule has 0 N–H and O–H groups in total. The molecule has 4 rings (SSSR count). The Labute approximate surface area is 167 Å². The Kier molecular flexibility index (Phi) is 5.55. The summed E-state index contributed by atoms with van der Waals surface area (Å²) in [7, 11) is 0. The molecule has 0 spiro atoms. The Morgan fingerprint density at radius 2 is 2.00 bits per heavy atom. The maximum atomic E-state index is 13.1. The highest BCUT2D eigenvalue weighted by atomic mass is 19.1. The fraction of sp³-hybridized carbons (Fsp3) is 0.400. The van der Waals surface area contributed by atoms with Crippen LogP contribution in [0, 0.1) is 5.82 Å². The first kappa shape index (κ1) is 19.1. The van der Waals surface area contributed by atoms with Gasteiger partial charge in [-0.1, -0.05) is 0 Å². The number of anilines is 1. The largest absolute Gasteiger partial charge is 0.471 e. The summed E-state index contributed by atoms with van der Waals surface area (Å²) in [4.78, 5) is 38.3. The van der Waals surface area contributed by atoms with Gasteiger partial charge >= 0.3 is 6.03 Å². The molecule has 3 amide bonds. The average Bonchev–Trinajstić information content (AvgIpc) is 3.10. The minimum atomic E-state index is -0.351. The molecule has 1 atom stereocenters. The van der Waals surface area contributed by atoms with Crippen molar-refractivity contribution in [1.29, 1.82) is 0 Å². The topological polar surface area (TPSA) is 78.9 Å². The van der Waals surface area contributed by atoms with Crippen molar-refractivity contribution in [2.45, 2.75) is 18.9 Å². The van der Waals surface area contributed by atoms with Crippen molar-refractivity contribution in [3.63, 3.8) is 0 Å². The molecule has 0 saturated carbocycles. The highest BCUT2D eigenvalue weighted by Crippen LogP contribution is 2.21. The van der Waals surface area contributed by atoms with Gasteiger partial charge in [-0.3, -0.25) is 14.7 Å². The predicted molar refractivity (Wildman–Crippen MR) is 103 cm³/mol. The summed E-state index contributed by atoms with van der Waals surface area (Å²) in [6.45, 7) is 2.04. The summed E-state index contributed by atoms with van der Waals surface area (Å²) in [6.07, 6.45) is 6.20. The highest BCUT2D eigenvalue weighted by Gasteiger charge is 2.33. The van der Waals surface area contributed by atoms with Crippen molar-refractivity contribution >= 4 is 17.6 Å². The third-order valence-electron chi connectivity index (χ3n) is 5.12. The minimum absolute atomic E-state index is 0.0222. The van der Waals surface area contributed by atoms with Gasteiger partial charge in [0, 0.05) is 37.7 Å². The zero-order valence-corrected chi connectivity index (χ0v) is 15.9. The standard InChI is InChI=1S/C20H22FN5O3/c21-15-3-5-16(6-4-15)26-11-10-25(20(26)28)14-19(27)24-9-1-2-17(13-24)29-18-12-22-7-8-23-18/h3-8,12,17H,1-2,9-11,13-14H2/t17-/m0/s1. The fourth-order valence-electron chi connectivity index (χ4n) is 3.63. The first-order chi connectivity index (χ1) is 14.1. The van der Waals surface area contributed by atoms with Gasteiger partial charge in [-0.05, 0) is 37.1 Å². The van der Waals surface area contributed by atoms with Crippen LogP contribution in [0.5, 0.6) is 5.88 Å². The Morgan fingerprint density at radius 1 is 1.17 bits per heavy atom. The summed E-state index contributed by atoms with van der Waals surface area (Å²) in [6, 6.07) is 5.53. The number of ether oxygens (including phenoxy) is 1. The van der Waals surface area contributed by atoms with Crippen LogP contribution in [0.15, 0.2) is 42.9 Å². The molecular weight excluding hydrogens is 377 g/mol. The summed E-state index contributed by atoms with van der Waals surface area (Å²) in [5.41, 5.74) is 0.627. The van der Waals surface area contributed by atoms with E-state index in [9.17, 15) is 14.0 Å². The van der Waals surface area contributed by atoms with Crippen LogP contribution in [-0.2, 0) is 4.79 Å². The van der Waals surface area contributed by atoms with E-state index in [0.29, 0.717) is 37.7 Å². The highest BCUT2D eigenvalue weighted by molar-refractivity contribution is 5.96. The van der Waals surface area contributed by atoms with Gasteiger partial charge in [0.25, 0.3) is 0 Å². The molecule has 2 aromatic rings. The molecule has 0 unspecified atom stereocenters. The number of halogens is 1. The fourth-order valence-corrected chi connectivity index (χ4v) is 3.63. The molecule has 2 aliphatic heterocycles. The van der Waals surface area contributed by atoms with E-state index in [1.165, 1.54) is 17.0 Å². The molecule has 2 fully saturated rings. The molecule has 29 heavy (non-hydrogen) atoms. The van der Waals surface area contributed by atoms with E-state index in [4.69, 9.17) is 4.74 Å². The third kappa shape index (κ3) is 4.44. The van der Waals surface area contributed by atoms with Gasteiger partial charge in [0.1, 0.15) is 18.5 Å². The molecule has 152 valence electrons. The number of nitrogens with zero attached hydrogens (tertiary/aromatic N) is 5. The van der Waals surface area contributed by atoms with Crippen LogP contribution in [0.1, 0.15) is 12.8 Å². The summed E-state index contributed by atoms with van der Waals surface area (Å²) < 4.78 is 18.9. The van der Waals surface area contributed by atoms with Crippen LogP contribution in [0.4, 0.5) is 14.9 Å². The summed E-state index contributed by atoms with van der Waals surface area (Å²) in [5, 5.41) is 0. The van der Waals surface area contributed by atoms with E-state index in [0.717, 1.165) is 12.8 Å². The number of piperidine rings is 1. The molecule has 0 radical (unpaired) electrons. The van der Waals surface area contributed by atoms with E-state index >= 15 is 0 Å². The third-order valence-corrected chi connectivity index (χ3v) is 5.12. The molecule has 9 heteroatoms. The lowest BCUT2D eigenvalue weighted by atomic mass is 10.1. The second-order valence-electron chi connectivity index (χ2n) is 7.10. The van der Waals surface area contributed by atoms with Crippen molar-refractivity contribution in [2.75, 3.05) is 37.6 Å². The zero-order valence-electron chi connectivity index (χ0n) is 15.9. The maximum absolute atomic E-state index is 13.1. The Hall–Kier alpha value is -3.23.